The number of carbonyl (C=O) groups excluding carboxylic acids is 1. The van der Waals surface area contributed by atoms with Crippen LogP contribution < -0.4 is 10.1 Å². The maximum absolute atomic E-state index is 13.3. The molecule has 1 aliphatic carbocycles. The van der Waals surface area contributed by atoms with E-state index in [1.54, 1.807) is 6.07 Å². The van der Waals surface area contributed by atoms with Gasteiger partial charge in [0.15, 0.2) is 19.7 Å². The highest BCUT2D eigenvalue weighted by molar-refractivity contribution is 6.12. The SMILES string of the molecule is [B]C(C)(F)OC1CC(c2cc(CCC(=C)NC(=O)[C@H]3C[C@@H](O)c4cc(C)ccc4O3)on2)C1. The molecule has 1 aliphatic heterocycles. The number of allylic oxidation sites excluding steroid dienone is 1. The Morgan fingerprint density at radius 1 is 1.39 bits per heavy atom. The summed E-state index contributed by atoms with van der Waals surface area (Å²) in [5.74, 6) is -1.13. The molecule has 2 aliphatic rings. The Hall–Kier alpha value is -2.65. The number of hydrogen-bond donors (Lipinski definition) is 2. The third-order valence-corrected chi connectivity index (χ3v) is 5.98. The number of hydrogen-bond acceptors (Lipinski definition) is 6. The lowest BCUT2D eigenvalue weighted by atomic mass is 9.79. The minimum absolute atomic E-state index is 0.152. The molecule has 174 valence electrons. The van der Waals surface area contributed by atoms with Crippen molar-refractivity contribution in [3.8, 4) is 5.75 Å². The van der Waals surface area contributed by atoms with Crippen LogP contribution in [0, 0.1) is 6.92 Å². The molecule has 3 atom stereocenters. The maximum Gasteiger partial charge on any atom is 0.265 e. The van der Waals surface area contributed by atoms with Crippen molar-refractivity contribution >= 4 is 13.8 Å². The van der Waals surface area contributed by atoms with Crippen molar-refractivity contribution < 1.29 is 28.3 Å². The number of amides is 1. The van der Waals surface area contributed by atoms with Crippen LogP contribution in [0.15, 0.2) is 41.1 Å². The molecule has 1 aromatic carbocycles. The van der Waals surface area contributed by atoms with Gasteiger partial charge in [0.05, 0.1) is 17.9 Å². The summed E-state index contributed by atoms with van der Waals surface area (Å²) in [4.78, 5) is 12.6. The molecule has 4 rings (SSSR count). The highest BCUT2D eigenvalue weighted by Gasteiger charge is 2.36. The van der Waals surface area contributed by atoms with Crippen LogP contribution in [0.3, 0.4) is 0 Å². The molecular weight excluding hydrogens is 426 g/mol. The largest absolute Gasteiger partial charge is 0.480 e. The van der Waals surface area contributed by atoms with Gasteiger partial charge in [0.2, 0.25) is 0 Å². The predicted molar refractivity (Wildman–Crippen MR) is 119 cm³/mol. The van der Waals surface area contributed by atoms with Crippen LogP contribution in [-0.2, 0) is 16.0 Å². The third kappa shape index (κ3) is 5.84. The second kappa shape index (κ2) is 9.31. The summed E-state index contributed by atoms with van der Waals surface area (Å²) in [6.07, 6.45) is 0.668. The van der Waals surface area contributed by atoms with Crippen LogP contribution in [0.1, 0.15) is 67.2 Å². The number of halogens is 1. The molecule has 9 heteroatoms. The molecule has 0 spiro atoms. The van der Waals surface area contributed by atoms with E-state index >= 15 is 0 Å². The quantitative estimate of drug-likeness (QED) is 0.594. The summed E-state index contributed by atoms with van der Waals surface area (Å²) in [5.41, 5.74) is 3.04. The first-order valence-corrected chi connectivity index (χ1v) is 11.1. The number of aliphatic hydroxyl groups excluding tert-OH is 1. The van der Waals surface area contributed by atoms with Gasteiger partial charge in [-0.25, -0.2) is 4.39 Å². The van der Waals surface area contributed by atoms with Crippen LogP contribution in [0.5, 0.6) is 5.75 Å². The first kappa shape index (κ1) is 23.5. The van der Waals surface area contributed by atoms with E-state index < -0.39 is 18.0 Å². The minimum Gasteiger partial charge on any atom is -0.480 e. The summed E-state index contributed by atoms with van der Waals surface area (Å²) in [6.45, 7) is 7.04. The fourth-order valence-corrected chi connectivity index (χ4v) is 4.19. The van der Waals surface area contributed by atoms with E-state index in [1.165, 1.54) is 6.92 Å². The van der Waals surface area contributed by atoms with E-state index in [2.05, 4.69) is 17.1 Å². The van der Waals surface area contributed by atoms with E-state index in [1.807, 2.05) is 25.1 Å². The zero-order valence-corrected chi connectivity index (χ0v) is 18.8. The monoisotopic (exact) mass is 454 g/mol. The van der Waals surface area contributed by atoms with Gasteiger partial charge in [-0.2, -0.15) is 0 Å². The normalized spacial score (nSPS) is 25.8. The number of aromatic nitrogens is 1. The molecule has 2 heterocycles. The standard InChI is InChI=1S/C24H28BFN2O5/c1-13-4-7-21-18(8-13)20(29)12-22(31-21)23(30)27-14(2)5-6-16-11-19(28-33-16)15-9-17(10-15)32-24(3,25)26/h4,7-8,11,15,17,20,22,29H,2,5-6,9-10,12H2,1,3H3,(H,27,30)/t15?,17?,20-,22-,24?/m1/s1. The van der Waals surface area contributed by atoms with Crippen molar-refractivity contribution in [1.29, 1.82) is 0 Å². The lowest BCUT2D eigenvalue weighted by molar-refractivity contribution is -0.138. The molecule has 1 amide bonds. The molecule has 2 N–H and O–H groups in total. The molecular formula is C24H28BFN2O5. The van der Waals surface area contributed by atoms with E-state index in [-0.39, 0.29) is 24.3 Å². The predicted octanol–water partition coefficient (Wildman–Crippen LogP) is 3.50. The Labute approximate surface area is 193 Å². The lowest BCUT2D eigenvalue weighted by Gasteiger charge is -2.36. The Bertz CT molecular complexity index is 1030. The van der Waals surface area contributed by atoms with Crippen molar-refractivity contribution in [2.45, 2.75) is 75.9 Å². The topological polar surface area (TPSA) is 93.8 Å². The van der Waals surface area contributed by atoms with E-state index in [0.717, 1.165) is 11.3 Å². The Balaban J connectivity index is 1.23. The zero-order valence-electron chi connectivity index (χ0n) is 18.8. The molecule has 33 heavy (non-hydrogen) atoms. The van der Waals surface area contributed by atoms with Gasteiger partial charge in [0.1, 0.15) is 11.5 Å². The van der Waals surface area contributed by atoms with Crippen molar-refractivity contribution in [1.82, 2.24) is 10.5 Å². The molecule has 2 aromatic rings. The number of carbonyl (C=O) groups is 1. The zero-order chi connectivity index (χ0) is 23.8. The molecule has 1 fully saturated rings. The van der Waals surface area contributed by atoms with Gasteiger partial charge in [-0.1, -0.05) is 23.4 Å². The Morgan fingerprint density at radius 2 is 2.15 bits per heavy atom. The summed E-state index contributed by atoms with van der Waals surface area (Å²) in [6, 6.07) is 7.38. The number of alkyl halides is 1. The van der Waals surface area contributed by atoms with Crippen molar-refractivity contribution in [2.24, 2.45) is 0 Å². The number of aryl methyl sites for hydroxylation is 2. The molecule has 2 radical (unpaired) electrons. The van der Waals surface area contributed by atoms with Crippen molar-refractivity contribution in [2.75, 3.05) is 0 Å². The molecule has 1 saturated carbocycles. The number of rotatable bonds is 8. The maximum atomic E-state index is 13.3. The molecule has 7 nitrogen and oxygen atoms in total. The number of fused-ring (bicyclic) bond motifs is 1. The van der Waals surface area contributed by atoms with E-state index in [4.69, 9.17) is 21.8 Å². The van der Waals surface area contributed by atoms with Crippen molar-refractivity contribution in [3.05, 3.63) is 59.1 Å². The number of aliphatic hydroxyl groups is 1. The highest BCUT2D eigenvalue weighted by Crippen LogP contribution is 2.40. The average Bonchev–Trinajstić information content (AvgIpc) is 3.17. The van der Waals surface area contributed by atoms with Crippen LogP contribution >= 0.6 is 0 Å². The van der Waals surface area contributed by atoms with Gasteiger partial charge in [-0.3, -0.25) is 4.79 Å². The minimum atomic E-state index is -2.13. The highest BCUT2D eigenvalue weighted by atomic mass is 19.2. The molecule has 1 unspecified atom stereocenters. The van der Waals surface area contributed by atoms with Gasteiger partial charge < -0.3 is 24.4 Å². The summed E-state index contributed by atoms with van der Waals surface area (Å²) in [5, 5.41) is 17.3. The van der Waals surface area contributed by atoms with Gasteiger partial charge in [0.25, 0.3) is 5.91 Å². The van der Waals surface area contributed by atoms with Gasteiger partial charge in [-0.05, 0) is 45.2 Å². The number of ether oxygens (including phenoxy) is 2. The van der Waals surface area contributed by atoms with Crippen LogP contribution in [0.25, 0.3) is 0 Å². The summed E-state index contributed by atoms with van der Waals surface area (Å²) >= 11 is 0. The fraction of sp³-hybridized carbons (Fsp3) is 0.500. The van der Waals surface area contributed by atoms with Gasteiger partial charge in [-0.15, -0.1) is 0 Å². The van der Waals surface area contributed by atoms with Crippen LogP contribution in [0.2, 0.25) is 0 Å². The van der Waals surface area contributed by atoms with E-state index in [9.17, 15) is 14.3 Å². The number of nitrogens with one attached hydrogen (secondary N) is 1. The molecule has 0 bridgehead atoms. The first-order chi connectivity index (χ1) is 15.6. The summed E-state index contributed by atoms with van der Waals surface area (Å²) < 4.78 is 29.6. The average molecular weight is 454 g/mol. The second-order valence-corrected chi connectivity index (χ2v) is 9.10. The number of benzene rings is 1. The van der Waals surface area contributed by atoms with Crippen LogP contribution in [0.4, 0.5) is 4.39 Å². The number of nitrogens with zero attached hydrogens (tertiary/aromatic N) is 1. The molecule has 1 aromatic heterocycles. The van der Waals surface area contributed by atoms with Crippen LogP contribution in [-0.4, -0.2) is 42.0 Å². The lowest BCUT2D eigenvalue weighted by Crippen LogP contribution is -2.41. The molecule has 0 saturated heterocycles. The smallest absolute Gasteiger partial charge is 0.265 e. The first-order valence-electron chi connectivity index (χ1n) is 11.1. The Kier molecular flexibility index (Phi) is 6.63. The van der Waals surface area contributed by atoms with E-state index in [0.29, 0.717) is 48.5 Å². The Morgan fingerprint density at radius 3 is 2.88 bits per heavy atom. The second-order valence-electron chi connectivity index (χ2n) is 9.10. The summed E-state index contributed by atoms with van der Waals surface area (Å²) in [7, 11) is 5.24. The third-order valence-electron chi connectivity index (χ3n) is 5.98. The van der Waals surface area contributed by atoms with Gasteiger partial charge >= 0.3 is 0 Å². The van der Waals surface area contributed by atoms with Crippen molar-refractivity contribution in [3.63, 3.8) is 0 Å². The fourth-order valence-electron chi connectivity index (χ4n) is 4.19. The van der Waals surface area contributed by atoms with Gasteiger partial charge in [0, 0.05) is 36.1 Å².